The molecule has 2 fully saturated rings. The van der Waals surface area contributed by atoms with Gasteiger partial charge < -0.3 is 21.3 Å². The molecule has 0 radical (unpaired) electrons. The molecule has 37 heavy (non-hydrogen) atoms. The zero-order chi connectivity index (χ0) is 26.6. The van der Waals surface area contributed by atoms with E-state index >= 15 is 0 Å². The van der Waals surface area contributed by atoms with E-state index in [1.165, 1.54) is 19.3 Å². The summed E-state index contributed by atoms with van der Waals surface area (Å²) in [5, 5.41) is 18.4. The maximum Gasteiger partial charge on any atom is 0.243 e. The molecule has 8 nitrogen and oxygen atoms in total. The summed E-state index contributed by atoms with van der Waals surface area (Å²) in [5.41, 5.74) is 6.14. The molecule has 1 aromatic heterocycles. The lowest BCUT2D eigenvalue weighted by Gasteiger charge is -2.35. The number of likely N-dealkylation sites (tertiary alicyclic amines) is 1. The molecule has 4 rings (SSSR count). The number of pyridine rings is 1. The smallest absolute Gasteiger partial charge is 0.243 e. The number of benzene rings is 1. The maximum atomic E-state index is 13.9. The Morgan fingerprint density at radius 3 is 2.73 bits per heavy atom. The Morgan fingerprint density at radius 1 is 1.27 bits per heavy atom. The fourth-order valence-corrected chi connectivity index (χ4v) is 5.72. The maximum absolute atomic E-state index is 13.9. The SMILES string of the molecule is CC[C@@H](C)[C@@H](NC1CCCCC1)C(=O)N1C[C@@](C)(C#N)C[C@H]1C(=O)NCc1ccc2c(N)nccc2c1. The van der Waals surface area contributed by atoms with E-state index in [4.69, 9.17) is 5.73 Å². The standard InChI is InChI=1S/C29H40N6O2/c1-4-19(2)25(34-22-8-6-5-7-9-22)28(37)35-18-29(3,17-30)15-24(35)27(36)33-16-20-10-11-23-21(14-20)12-13-32-26(23)31/h10-14,19,22,24-25,34H,4-9,15-16,18H2,1-3H3,(H2,31,32)(H,33,36)/t19-,24+,25-,29-/m1/s1. The van der Waals surface area contributed by atoms with Crippen molar-refractivity contribution < 1.29 is 9.59 Å². The Labute approximate surface area is 220 Å². The van der Waals surface area contributed by atoms with Crippen molar-refractivity contribution in [2.24, 2.45) is 11.3 Å². The van der Waals surface area contributed by atoms with Gasteiger partial charge in [0.25, 0.3) is 0 Å². The number of carbonyl (C=O) groups is 2. The van der Waals surface area contributed by atoms with E-state index in [0.717, 1.165) is 35.6 Å². The number of nitrogens with one attached hydrogen (secondary N) is 2. The van der Waals surface area contributed by atoms with Crippen LogP contribution in [-0.4, -0.2) is 46.4 Å². The molecule has 0 spiro atoms. The summed E-state index contributed by atoms with van der Waals surface area (Å²) in [4.78, 5) is 33.2. The van der Waals surface area contributed by atoms with Crippen LogP contribution in [-0.2, 0) is 16.1 Å². The minimum atomic E-state index is -0.754. The molecule has 4 atom stereocenters. The summed E-state index contributed by atoms with van der Waals surface area (Å²) < 4.78 is 0. The Bertz CT molecular complexity index is 1170. The van der Waals surface area contributed by atoms with Crippen LogP contribution >= 0.6 is 0 Å². The average molecular weight is 505 g/mol. The van der Waals surface area contributed by atoms with Crippen LogP contribution in [0.15, 0.2) is 30.5 Å². The van der Waals surface area contributed by atoms with Gasteiger partial charge in [-0.05, 0) is 55.2 Å². The van der Waals surface area contributed by atoms with Gasteiger partial charge in [0.15, 0.2) is 0 Å². The van der Waals surface area contributed by atoms with Crippen molar-refractivity contribution in [1.29, 1.82) is 5.26 Å². The number of nitrogens with two attached hydrogens (primary N) is 1. The van der Waals surface area contributed by atoms with Crippen molar-refractivity contribution in [1.82, 2.24) is 20.5 Å². The minimum Gasteiger partial charge on any atom is -0.383 e. The highest BCUT2D eigenvalue weighted by Gasteiger charge is 2.48. The Kier molecular flexibility index (Phi) is 8.33. The normalized spacial score (nSPS) is 23.9. The second-order valence-corrected chi connectivity index (χ2v) is 11.2. The van der Waals surface area contributed by atoms with Crippen LogP contribution in [0, 0.1) is 22.7 Å². The number of aromatic nitrogens is 1. The number of fused-ring (bicyclic) bond motifs is 1. The van der Waals surface area contributed by atoms with Gasteiger partial charge in [-0.3, -0.25) is 9.59 Å². The van der Waals surface area contributed by atoms with Gasteiger partial charge in [-0.15, -0.1) is 0 Å². The average Bonchev–Trinajstić information content (AvgIpc) is 3.28. The summed E-state index contributed by atoms with van der Waals surface area (Å²) >= 11 is 0. The van der Waals surface area contributed by atoms with E-state index in [0.29, 0.717) is 24.8 Å². The van der Waals surface area contributed by atoms with Gasteiger partial charge in [-0.25, -0.2) is 4.98 Å². The van der Waals surface area contributed by atoms with Crippen LogP contribution in [0.25, 0.3) is 10.8 Å². The summed E-state index contributed by atoms with van der Waals surface area (Å²) in [6, 6.07) is 9.36. The van der Waals surface area contributed by atoms with Crippen LogP contribution < -0.4 is 16.4 Å². The fourth-order valence-electron chi connectivity index (χ4n) is 5.72. The number of hydrogen-bond acceptors (Lipinski definition) is 6. The van der Waals surface area contributed by atoms with Crippen molar-refractivity contribution in [3.05, 3.63) is 36.0 Å². The van der Waals surface area contributed by atoms with Gasteiger partial charge in [0.05, 0.1) is 17.5 Å². The summed E-state index contributed by atoms with van der Waals surface area (Å²) in [6.45, 7) is 6.62. The van der Waals surface area contributed by atoms with Crippen LogP contribution in [0.5, 0.6) is 0 Å². The van der Waals surface area contributed by atoms with Gasteiger partial charge in [-0.1, -0.05) is 51.7 Å². The molecule has 2 aliphatic rings. The first kappa shape index (κ1) is 26.9. The number of nitriles is 1. The summed E-state index contributed by atoms with van der Waals surface area (Å²) in [5.74, 6) is 0.322. The number of hydrogen-bond donors (Lipinski definition) is 3. The number of amides is 2. The van der Waals surface area contributed by atoms with Crippen molar-refractivity contribution in [3.63, 3.8) is 0 Å². The molecule has 2 aromatic rings. The lowest BCUT2D eigenvalue weighted by molar-refractivity contribution is -0.141. The molecule has 1 aliphatic heterocycles. The van der Waals surface area contributed by atoms with Crippen molar-refractivity contribution in [2.45, 2.75) is 90.4 Å². The van der Waals surface area contributed by atoms with E-state index < -0.39 is 11.5 Å². The highest BCUT2D eigenvalue weighted by Crippen LogP contribution is 2.35. The van der Waals surface area contributed by atoms with Crippen LogP contribution in [0.4, 0.5) is 5.82 Å². The molecule has 8 heteroatoms. The molecule has 4 N–H and O–H groups in total. The molecule has 0 unspecified atom stereocenters. The monoisotopic (exact) mass is 504 g/mol. The van der Waals surface area contributed by atoms with E-state index in [9.17, 15) is 14.9 Å². The van der Waals surface area contributed by atoms with Gasteiger partial charge in [-0.2, -0.15) is 5.26 Å². The highest BCUT2D eigenvalue weighted by molar-refractivity contribution is 5.92. The highest BCUT2D eigenvalue weighted by atomic mass is 16.2. The number of rotatable bonds is 8. The predicted octanol–water partition coefficient (Wildman–Crippen LogP) is 3.90. The summed E-state index contributed by atoms with van der Waals surface area (Å²) in [6.07, 6.45) is 8.61. The second kappa shape index (κ2) is 11.5. The molecule has 0 bridgehead atoms. The van der Waals surface area contributed by atoms with E-state index in [1.54, 1.807) is 11.1 Å². The Hall–Kier alpha value is -3.18. The quantitative estimate of drug-likeness (QED) is 0.501. The number of nitrogens with zero attached hydrogens (tertiary/aromatic N) is 3. The van der Waals surface area contributed by atoms with E-state index in [1.807, 2.05) is 31.2 Å². The Balaban J connectivity index is 1.50. The van der Waals surface area contributed by atoms with Gasteiger partial charge in [0, 0.05) is 30.7 Å². The summed E-state index contributed by atoms with van der Waals surface area (Å²) in [7, 11) is 0. The fraction of sp³-hybridized carbons (Fsp3) is 0.586. The van der Waals surface area contributed by atoms with Gasteiger partial charge in [0.1, 0.15) is 11.9 Å². The molecule has 198 valence electrons. The lowest BCUT2D eigenvalue weighted by Crippen LogP contribution is -2.56. The molecule has 2 amide bonds. The van der Waals surface area contributed by atoms with Gasteiger partial charge >= 0.3 is 0 Å². The number of anilines is 1. The lowest BCUT2D eigenvalue weighted by atomic mass is 9.90. The molecular weight excluding hydrogens is 464 g/mol. The second-order valence-electron chi connectivity index (χ2n) is 11.2. The molecule has 1 aromatic carbocycles. The third-order valence-electron chi connectivity index (χ3n) is 8.22. The van der Waals surface area contributed by atoms with Crippen molar-refractivity contribution in [3.8, 4) is 6.07 Å². The number of carbonyl (C=O) groups excluding carboxylic acids is 2. The number of nitrogen functional groups attached to an aromatic ring is 1. The van der Waals surface area contributed by atoms with E-state index in [2.05, 4.69) is 35.5 Å². The zero-order valence-electron chi connectivity index (χ0n) is 22.3. The topological polar surface area (TPSA) is 124 Å². The van der Waals surface area contributed by atoms with Crippen molar-refractivity contribution in [2.75, 3.05) is 12.3 Å². The minimum absolute atomic E-state index is 0.0623. The molecular formula is C29H40N6O2. The largest absolute Gasteiger partial charge is 0.383 e. The third-order valence-corrected chi connectivity index (χ3v) is 8.22. The zero-order valence-corrected chi connectivity index (χ0v) is 22.3. The predicted molar refractivity (Wildman–Crippen MR) is 145 cm³/mol. The van der Waals surface area contributed by atoms with Crippen molar-refractivity contribution >= 4 is 28.4 Å². The molecule has 1 saturated carbocycles. The Morgan fingerprint density at radius 2 is 2.03 bits per heavy atom. The van der Waals surface area contributed by atoms with Crippen LogP contribution in [0.1, 0.15) is 71.3 Å². The third kappa shape index (κ3) is 6.04. The molecule has 1 saturated heterocycles. The first-order valence-corrected chi connectivity index (χ1v) is 13.6. The van der Waals surface area contributed by atoms with Gasteiger partial charge in [0.2, 0.25) is 11.8 Å². The molecule has 1 aliphatic carbocycles. The first-order chi connectivity index (χ1) is 17.7. The molecule has 2 heterocycles. The van der Waals surface area contributed by atoms with Crippen LogP contribution in [0.3, 0.4) is 0 Å². The van der Waals surface area contributed by atoms with Crippen LogP contribution in [0.2, 0.25) is 0 Å². The van der Waals surface area contributed by atoms with E-state index in [-0.39, 0.29) is 30.3 Å². The first-order valence-electron chi connectivity index (χ1n) is 13.6.